The molecule has 1 atom stereocenters. The maximum absolute atomic E-state index is 13.1. The first-order valence-electron chi connectivity index (χ1n) is 7.46. The van der Waals surface area contributed by atoms with Crippen LogP contribution in [0.3, 0.4) is 0 Å². The number of amides is 1. The highest BCUT2D eigenvalue weighted by Gasteiger charge is 2.34. The zero-order valence-corrected chi connectivity index (χ0v) is 14.2. The second-order valence-corrected chi connectivity index (χ2v) is 6.67. The second kappa shape index (κ2) is 6.64. The summed E-state index contributed by atoms with van der Waals surface area (Å²) in [5.41, 5.74) is 5.98. The molecule has 6 nitrogen and oxygen atoms in total. The van der Waals surface area contributed by atoms with E-state index in [1.807, 2.05) is 4.90 Å². The maximum atomic E-state index is 13.1. The molecule has 2 aromatic rings. The van der Waals surface area contributed by atoms with Crippen molar-refractivity contribution in [2.75, 3.05) is 0 Å². The van der Waals surface area contributed by atoms with Crippen LogP contribution >= 0.6 is 11.8 Å². The Labute approximate surface area is 147 Å². The number of pyridine rings is 1. The summed E-state index contributed by atoms with van der Waals surface area (Å²) < 4.78 is 14.5. The Morgan fingerprint density at radius 1 is 1.32 bits per heavy atom. The topological polar surface area (TPSA) is 88.6 Å². The van der Waals surface area contributed by atoms with Gasteiger partial charge in [0, 0.05) is 24.5 Å². The number of nitrogens with zero attached hydrogens (tertiary/aromatic N) is 2. The van der Waals surface area contributed by atoms with Gasteiger partial charge in [0.05, 0.1) is 4.91 Å². The van der Waals surface area contributed by atoms with Crippen LogP contribution in [0.25, 0.3) is 0 Å². The van der Waals surface area contributed by atoms with Crippen molar-refractivity contribution in [3.05, 3.63) is 74.9 Å². The third kappa shape index (κ3) is 3.39. The lowest BCUT2D eigenvalue weighted by Gasteiger charge is -2.29. The van der Waals surface area contributed by atoms with E-state index in [0.29, 0.717) is 17.1 Å². The van der Waals surface area contributed by atoms with Crippen LogP contribution in [0.4, 0.5) is 4.39 Å². The molecule has 25 heavy (non-hydrogen) atoms. The highest BCUT2D eigenvalue weighted by atomic mass is 32.2. The summed E-state index contributed by atoms with van der Waals surface area (Å²) in [7, 11) is 0. The first-order valence-corrected chi connectivity index (χ1v) is 8.34. The van der Waals surface area contributed by atoms with Gasteiger partial charge in [-0.3, -0.25) is 14.2 Å². The van der Waals surface area contributed by atoms with Crippen molar-refractivity contribution in [1.29, 1.82) is 0 Å². The number of allylic oxidation sites excluding steroid dienone is 1. The van der Waals surface area contributed by atoms with Gasteiger partial charge >= 0.3 is 0 Å². The molecule has 0 fully saturated rings. The van der Waals surface area contributed by atoms with Gasteiger partial charge in [0.1, 0.15) is 11.6 Å². The first kappa shape index (κ1) is 17.1. The normalized spacial score (nSPS) is 17.2. The molecule has 2 heterocycles. The lowest BCUT2D eigenvalue weighted by atomic mass is 10.2. The molecule has 1 aliphatic heterocycles. The Morgan fingerprint density at radius 3 is 2.60 bits per heavy atom. The third-order valence-electron chi connectivity index (χ3n) is 3.91. The van der Waals surface area contributed by atoms with Gasteiger partial charge in [-0.05, 0) is 30.7 Å². The second-order valence-electron chi connectivity index (χ2n) is 5.61. The average molecular weight is 361 g/mol. The minimum absolute atomic E-state index is 0.130. The molecule has 1 unspecified atom stereocenters. The van der Waals surface area contributed by atoms with E-state index in [2.05, 4.69) is 0 Å². The molecule has 0 radical (unpaired) electrons. The zero-order valence-electron chi connectivity index (χ0n) is 13.3. The monoisotopic (exact) mass is 361 g/mol. The number of hydrogen-bond acceptors (Lipinski definition) is 5. The van der Waals surface area contributed by atoms with Crippen LogP contribution in [-0.4, -0.2) is 20.5 Å². The highest BCUT2D eigenvalue weighted by molar-refractivity contribution is 8.04. The largest absolute Gasteiger partial charge is 0.508 e. The van der Waals surface area contributed by atoms with Crippen LogP contribution in [0.1, 0.15) is 18.0 Å². The van der Waals surface area contributed by atoms with Crippen molar-refractivity contribution in [2.45, 2.75) is 19.0 Å². The Hall–Kier alpha value is -2.74. The molecule has 3 N–H and O–H groups in total. The Kier molecular flexibility index (Phi) is 4.54. The van der Waals surface area contributed by atoms with Crippen LogP contribution in [0, 0.1) is 5.82 Å². The summed E-state index contributed by atoms with van der Waals surface area (Å²) in [6.45, 7) is 2.12. The molecular weight excluding hydrogens is 345 g/mol. The summed E-state index contributed by atoms with van der Waals surface area (Å²) in [5.74, 6) is -1.04. The fourth-order valence-corrected chi connectivity index (χ4v) is 3.90. The van der Waals surface area contributed by atoms with E-state index in [1.165, 1.54) is 40.7 Å². The smallest absolute Gasteiger partial charge is 0.257 e. The van der Waals surface area contributed by atoms with Crippen molar-refractivity contribution >= 4 is 17.7 Å². The average Bonchev–Trinajstić information content (AvgIpc) is 2.87. The molecule has 0 saturated heterocycles. The molecule has 1 aromatic carbocycles. The van der Waals surface area contributed by atoms with Crippen molar-refractivity contribution < 1.29 is 14.3 Å². The van der Waals surface area contributed by atoms with Crippen LogP contribution in [0.2, 0.25) is 0 Å². The van der Waals surface area contributed by atoms with Crippen molar-refractivity contribution in [1.82, 2.24) is 9.47 Å². The Bertz CT molecular complexity index is 908. The number of thioether (sulfide) groups is 1. The SMILES string of the molecule is CC1=C(C(N)=O)SC(n2ccc(O)cc2=O)N1Cc1ccc(F)cc1. The van der Waals surface area contributed by atoms with Crippen LogP contribution in [-0.2, 0) is 11.3 Å². The molecule has 8 heteroatoms. The van der Waals surface area contributed by atoms with E-state index in [9.17, 15) is 19.1 Å². The van der Waals surface area contributed by atoms with Gasteiger partial charge in [-0.15, -0.1) is 0 Å². The molecule has 130 valence electrons. The lowest BCUT2D eigenvalue weighted by molar-refractivity contribution is -0.114. The van der Waals surface area contributed by atoms with Gasteiger partial charge < -0.3 is 15.7 Å². The molecule has 1 aromatic heterocycles. The fourth-order valence-electron chi connectivity index (χ4n) is 2.64. The van der Waals surface area contributed by atoms with E-state index in [-0.39, 0.29) is 11.6 Å². The van der Waals surface area contributed by atoms with E-state index < -0.39 is 17.0 Å². The highest BCUT2D eigenvalue weighted by Crippen LogP contribution is 2.44. The molecule has 0 spiro atoms. The van der Waals surface area contributed by atoms with Crippen molar-refractivity contribution in [3.8, 4) is 5.75 Å². The predicted molar refractivity (Wildman–Crippen MR) is 92.8 cm³/mol. The van der Waals surface area contributed by atoms with Gasteiger partial charge in [0.25, 0.3) is 11.5 Å². The van der Waals surface area contributed by atoms with E-state index in [0.717, 1.165) is 11.6 Å². The molecule has 0 bridgehead atoms. The van der Waals surface area contributed by atoms with E-state index in [1.54, 1.807) is 19.1 Å². The van der Waals surface area contributed by atoms with Crippen LogP contribution < -0.4 is 11.3 Å². The van der Waals surface area contributed by atoms with Gasteiger partial charge in [0.2, 0.25) is 0 Å². The number of carbonyl (C=O) groups excluding carboxylic acids is 1. The van der Waals surface area contributed by atoms with E-state index in [4.69, 9.17) is 5.73 Å². The van der Waals surface area contributed by atoms with Crippen molar-refractivity contribution in [3.63, 3.8) is 0 Å². The number of primary amides is 1. The van der Waals surface area contributed by atoms with Gasteiger partial charge in [-0.1, -0.05) is 23.9 Å². The Morgan fingerprint density at radius 2 is 2.00 bits per heavy atom. The van der Waals surface area contributed by atoms with Crippen LogP contribution in [0.15, 0.2) is 58.0 Å². The van der Waals surface area contributed by atoms with Crippen LogP contribution in [0.5, 0.6) is 5.75 Å². The summed E-state index contributed by atoms with van der Waals surface area (Å²) in [6.07, 6.45) is 1.46. The standard InChI is InChI=1S/C17H16FN3O3S/c1-10-15(16(19)24)25-17(20-7-6-13(22)8-14(20)23)21(10)9-11-2-4-12(18)5-3-11/h2-8,17,22H,9H2,1H3,(H2,19,24). The van der Waals surface area contributed by atoms with Crippen molar-refractivity contribution in [2.24, 2.45) is 5.73 Å². The summed E-state index contributed by atoms with van der Waals surface area (Å²) in [5, 5.41) is 9.45. The number of nitrogens with two attached hydrogens (primary N) is 1. The lowest BCUT2D eigenvalue weighted by Crippen LogP contribution is -2.31. The molecule has 0 saturated carbocycles. The zero-order chi connectivity index (χ0) is 18.1. The maximum Gasteiger partial charge on any atom is 0.257 e. The molecule has 1 aliphatic rings. The van der Waals surface area contributed by atoms with E-state index >= 15 is 0 Å². The number of aromatic hydroxyl groups is 1. The first-order chi connectivity index (χ1) is 11.9. The number of benzene rings is 1. The van der Waals surface area contributed by atoms with Gasteiger partial charge in [0.15, 0.2) is 5.50 Å². The fraction of sp³-hybridized carbons (Fsp3) is 0.176. The number of hydrogen-bond donors (Lipinski definition) is 2. The summed E-state index contributed by atoms with van der Waals surface area (Å²) in [6, 6.07) is 8.50. The third-order valence-corrected chi connectivity index (χ3v) is 5.33. The predicted octanol–water partition coefficient (Wildman–Crippen LogP) is 2.11. The molecular formula is C17H16FN3O3S. The summed E-state index contributed by atoms with van der Waals surface area (Å²) >= 11 is 1.17. The number of rotatable bonds is 4. The molecule has 1 amide bonds. The summed E-state index contributed by atoms with van der Waals surface area (Å²) in [4.78, 5) is 26.2. The van der Waals surface area contributed by atoms with Gasteiger partial charge in [-0.25, -0.2) is 4.39 Å². The Balaban J connectivity index is 2.00. The number of halogens is 1. The van der Waals surface area contributed by atoms with Gasteiger partial charge in [-0.2, -0.15) is 0 Å². The molecule has 3 rings (SSSR count). The number of aromatic nitrogens is 1. The molecule has 0 aliphatic carbocycles. The number of carbonyl (C=O) groups is 1. The minimum atomic E-state index is -0.569. The quantitative estimate of drug-likeness (QED) is 0.871. The minimum Gasteiger partial charge on any atom is -0.508 e.